The molecule has 0 radical (unpaired) electrons. The Morgan fingerprint density at radius 3 is 2.39 bits per heavy atom. The van der Waals surface area contributed by atoms with Gasteiger partial charge in [-0.15, -0.1) is 0 Å². The van der Waals surface area contributed by atoms with Crippen molar-refractivity contribution < 1.29 is 13.2 Å². The summed E-state index contributed by atoms with van der Waals surface area (Å²) in [7, 11) is 0. The molecule has 0 atom stereocenters. The quantitative estimate of drug-likeness (QED) is 0.321. The van der Waals surface area contributed by atoms with E-state index in [0.717, 1.165) is 23.6 Å². The molecule has 0 saturated heterocycles. The number of halogens is 4. The predicted molar refractivity (Wildman–Crippen MR) is 122 cm³/mol. The first-order valence-corrected chi connectivity index (χ1v) is 11.5. The van der Waals surface area contributed by atoms with Gasteiger partial charge in [0.1, 0.15) is 17.5 Å². The van der Waals surface area contributed by atoms with Crippen LogP contribution in [0.25, 0.3) is 22.3 Å². The highest BCUT2D eigenvalue weighted by Crippen LogP contribution is 2.40. The molecule has 3 aromatic rings. The van der Waals surface area contributed by atoms with Crippen LogP contribution in [0.4, 0.5) is 13.2 Å². The molecule has 4 rings (SSSR count). The topological polar surface area (TPSA) is 0 Å². The van der Waals surface area contributed by atoms with E-state index in [1.54, 1.807) is 0 Å². The second kappa shape index (κ2) is 9.48. The van der Waals surface area contributed by atoms with E-state index < -0.39 is 17.5 Å². The van der Waals surface area contributed by atoms with Crippen LogP contribution in [0.15, 0.2) is 42.5 Å². The molecule has 0 fully saturated rings. The van der Waals surface area contributed by atoms with Crippen molar-refractivity contribution in [1.29, 1.82) is 0 Å². The number of hydrogen-bond acceptors (Lipinski definition) is 0. The van der Waals surface area contributed by atoms with E-state index in [0.29, 0.717) is 24.0 Å². The maximum absolute atomic E-state index is 15.4. The Labute approximate surface area is 187 Å². The molecule has 0 N–H and O–H groups in total. The third-order valence-corrected chi connectivity index (χ3v) is 6.51. The first-order valence-electron chi connectivity index (χ1n) is 11.1. The minimum atomic E-state index is -0.691. The van der Waals surface area contributed by atoms with Crippen LogP contribution in [0.1, 0.15) is 55.7 Å². The van der Waals surface area contributed by atoms with Crippen LogP contribution < -0.4 is 0 Å². The normalized spacial score (nSPS) is 12.5. The van der Waals surface area contributed by atoms with Gasteiger partial charge in [0.2, 0.25) is 0 Å². The van der Waals surface area contributed by atoms with Gasteiger partial charge in [0.25, 0.3) is 0 Å². The molecule has 0 saturated carbocycles. The van der Waals surface area contributed by atoms with Crippen molar-refractivity contribution in [3.05, 3.63) is 81.6 Å². The predicted octanol–water partition coefficient (Wildman–Crippen LogP) is 8.70. The fourth-order valence-electron chi connectivity index (χ4n) is 4.53. The lowest BCUT2D eigenvalue weighted by atomic mass is 9.82. The van der Waals surface area contributed by atoms with Gasteiger partial charge in [-0.2, -0.15) is 0 Å². The lowest BCUT2D eigenvalue weighted by Gasteiger charge is -2.23. The van der Waals surface area contributed by atoms with Crippen LogP contribution >= 0.6 is 11.6 Å². The Morgan fingerprint density at radius 1 is 0.806 bits per heavy atom. The molecule has 3 aromatic carbocycles. The van der Waals surface area contributed by atoms with E-state index in [4.69, 9.17) is 11.6 Å². The summed E-state index contributed by atoms with van der Waals surface area (Å²) in [5.41, 5.74) is 4.37. The second-order valence-corrected chi connectivity index (χ2v) is 8.77. The first kappa shape index (κ1) is 22.0. The van der Waals surface area contributed by atoms with Crippen LogP contribution in [0.3, 0.4) is 0 Å². The van der Waals surface area contributed by atoms with Crippen molar-refractivity contribution in [2.75, 3.05) is 0 Å². The summed E-state index contributed by atoms with van der Waals surface area (Å²) in [4.78, 5) is 0. The lowest BCUT2D eigenvalue weighted by molar-refractivity contribution is 0.576. The Hall–Kier alpha value is -2.26. The molecule has 0 nitrogen and oxygen atoms in total. The molecule has 1 aliphatic rings. The van der Waals surface area contributed by atoms with Crippen molar-refractivity contribution in [3.63, 3.8) is 0 Å². The zero-order chi connectivity index (χ0) is 22.0. The first-order chi connectivity index (χ1) is 15.0. The molecule has 4 heteroatoms. The third-order valence-electron chi connectivity index (χ3n) is 6.20. The van der Waals surface area contributed by atoms with Crippen molar-refractivity contribution in [3.8, 4) is 22.3 Å². The van der Waals surface area contributed by atoms with Gasteiger partial charge in [-0.25, -0.2) is 13.2 Å². The average Bonchev–Trinajstić information content (AvgIpc) is 2.75. The largest absolute Gasteiger partial charge is 0.206 e. The maximum Gasteiger partial charge on any atom is 0.142 e. The molecule has 0 bridgehead atoms. The maximum atomic E-state index is 15.4. The van der Waals surface area contributed by atoms with E-state index >= 15 is 8.78 Å². The molecule has 0 amide bonds. The fraction of sp³-hybridized carbons (Fsp3) is 0.333. The van der Waals surface area contributed by atoms with E-state index in [9.17, 15) is 4.39 Å². The summed E-state index contributed by atoms with van der Waals surface area (Å²) < 4.78 is 44.3. The molecular formula is C27H26ClF3. The highest BCUT2D eigenvalue weighted by molar-refractivity contribution is 6.30. The SMILES string of the molecule is CCCCCCCc1ccc2c(c1)CCc1c-2cc(F)c(-c2ccc(Cl)c(F)c2)c1F. The number of fused-ring (bicyclic) bond motifs is 3. The number of aryl methyl sites for hydroxylation is 2. The van der Waals surface area contributed by atoms with E-state index in [1.165, 1.54) is 55.9 Å². The van der Waals surface area contributed by atoms with E-state index in [1.807, 2.05) is 6.07 Å². The number of hydrogen-bond donors (Lipinski definition) is 0. The molecular weight excluding hydrogens is 417 g/mol. The Bertz CT molecular complexity index is 1100. The molecule has 0 unspecified atom stereocenters. The number of rotatable bonds is 7. The Balaban J connectivity index is 1.64. The van der Waals surface area contributed by atoms with Crippen LogP contribution in [-0.4, -0.2) is 0 Å². The fourth-order valence-corrected chi connectivity index (χ4v) is 4.64. The summed E-state index contributed by atoms with van der Waals surface area (Å²) >= 11 is 5.72. The van der Waals surface area contributed by atoms with Crippen LogP contribution in [0.5, 0.6) is 0 Å². The van der Waals surface area contributed by atoms with Gasteiger partial charge in [-0.3, -0.25) is 0 Å². The average molecular weight is 443 g/mol. The van der Waals surface area contributed by atoms with Gasteiger partial charge in [-0.05, 0) is 77.3 Å². The highest BCUT2D eigenvalue weighted by Gasteiger charge is 2.25. The second-order valence-electron chi connectivity index (χ2n) is 8.36. The smallest absolute Gasteiger partial charge is 0.142 e. The van der Waals surface area contributed by atoms with Gasteiger partial charge in [0.15, 0.2) is 0 Å². The molecule has 31 heavy (non-hydrogen) atoms. The van der Waals surface area contributed by atoms with Crippen LogP contribution in [0, 0.1) is 17.5 Å². The molecule has 0 aliphatic heterocycles. The Kier molecular flexibility index (Phi) is 6.71. The zero-order valence-electron chi connectivity index (χ0n) is 17.7. The molecule has 0 heterocycles. The summed E-state index contributed by atoms with van der Waals surface area (Å²) in [6.45, 7) is 2.21. The van der Waals surface area contributed by atoms with Crippen molar-refractivity contribution in [2.24, 2.45) is 0 Å². The van der Waals surface area contributed by atoms with Crippen molar-refractivity contribution in [2.45, 2.75) is 58.3 Å². The summed E-state index contributed by atoms with van der Waals surface area (Å²) in [6.07, 6.45) is 8.43. The monoisotopic (exact) mass is 442 g/mol. The van der Waals surface area contributed by atoms with E-state index in [2.05, 4.69) is 19.1 Å². The third kappa shape index (κ3) is 4.52. The summed E-state index contributed by atoms with van der Waals surface area (Å²) in [6, 6.07) is 11.5. The van der Waals surface area contributed by atoms with Gasteiger partial charge < -0.3 is 0 Å². The molecule has 0 aromatic heterocycles. The van der Waals surface area contributed by atoms with Gasteiger partial charge in [0, 0.05) is 0 Å². The molecule has 0 spiro atoms. The van der Waals surface area contributed by atoms with Gasteiger partial charge in [-0.1, -0.05) is 68.5 Å². The lowest BCUT2D eigenvalue weighted by Crippen LogP contribution is -2.09. The standard InChI is InChI=1S/C27H26ClF3/c1-2-3-4-5-6-7-17-8-11-20-18(14-17)9-12-21-22(20)16-25(30)26(27(21)31)19-10-13-23(28)24(29)15-19/h8,10-11,13-16H,2-7,9,12H2,1H3. The molecule has 162 valence electrons. The van der Waals surface area contributed by atoms with Crippen molar-refractivity contribution >= 4 is 11.6 Å². The van der Waals surface area contributed by atoms with E-state index in [-0.39, 0.29) is 16.1 Å². The highest BCUT2D eigenvalue weighted by atomic mass is 35.5. The minimum absolute atomic E-state index is 0.0716. The molecule has 1 aliphatic carbocycles. The zero-order valence-corrected chi connectivity index (χ0v) is 18.5. The van der Waals surface area contributed by atoms with Gasteiger partial charge in [0.05, 0.1) is 10.6 Å². The summed E-state index contributed by atoms with van der Waals surface area (Å²) in [5, 5.41) is -0.0716. The van der Waals surface area contributed by atoms with Crippen molar-refractivity contribution in [1.82, 2.24) is 0 Å². The number of unbranched alkanes of at least 4 members (excludes halogenated alkanes) is 4. The van der Waals surface area contributed by atoms with Gasteiger partial charge >= 0.3 is 0 Å². The Morgan fingerprint density at radius 2 is 1.61 bits per heavy atom. The minimum Gasteiger partial charge on any atom is -0.206 e. The summed E-state index contributed by atoms with van der Waals surface area (Å²) in [5.74, 6) is -1.99. The number of benzene rings is 3. The van der Waals surface area contributed by atoms with Crippen LogP contribution in [-0.2, 0) is 19.3 Å². The van der Waals surface area contributed by atoms with Crippen LogP contribution in [0.2, 0.25) is 5.02 Å².